The predicted octanol–water partition coefficient (Wildman–Crippen LogP) is 4.03. The topological polar surface area (TPSA) is 29.1 Å². The molecular formula is C9H17Br2NO. The molecular weight excluding hydrogens is 298 g/mol. The van der Waals surface area contributed by atoms with Gasteiger partial charge in [-0.1, -0.05) is 49.0 Å². The first-order valence-electron chi connectivity index (χ1n) is 4.68. The number of amides is 1. The van der Waals surface area contributed by atoms with E-state index in [1.807, 2.05) is 0 Å². The molecule has 1 N–H and O–H groups in total. The summed E-state index contributed by atoms with van der Waals surface area (Å²) in [6.07, 6.45) is 4.89. The van der Waals surface area contributed by atoms with Crippen LogP contribution < -0.4 is 5.32 Å². The van der Waals surface area contributed by atoms with Crippen LogP contribution in [-0.4, -0.2) is 9.77 Å². The van der Waals surface area contributed by atoms with Gasteiger partial charge >= 0.3 is 0 Å². The van der Waals surface area contributed by atoms with Gasteiger partial charge in [0, 0.05) is 15.9 Å². The van der Waals surface area contributed by atoms with E-state index in [0.717, 1.165) is 6.42 Å². The molecule has 0 bridgehead atoms. The van der Waals surface area contributed by atoms with Gasteiger partial charge in [-0.25, -0.2) is 0 Å². The molecule has 0 aromatic carbocycles. The zero-order chi connectivity index (χ0) is 10.3. The van der Waals surface area contributed by atoms with Crippen LogP contribution in [0.3, 0.4) is 0 Å². The Morgan fingerprint density at radius 2 is 2.08 bits per heavy atom. The first-order valence-corrected chi connectivity index (χ1v) is 6.38. The minimum absolute atomic E-state index is 0.0798. The van der Waals surface area contributed by atoms with Crippen LogP contribution in [0.15, 0.2) is 0 Å². The second kappa shape index (κ2) is 7.80. The molecule has 0 aliphatic heterocycles. The van der Waals surface area contributed by atoms with E-state index in [-0.39, 0.29) is 9.77 Å². The Bertz CT molecular complexity index is 153. The van der Waals surface area contributed by atoms with Crippen LogP contribution in [0.4, 0.5) is 4.79 Å². The second-order valence-corrected chi connectivity index (χ2v) is 5.00. The summed E-state index contributed by atoms with van der Waals surface area (Å²) in [5, 5.41) is 2.76. The number of carbonyl (C=O) groups is 1. The normalized spacial score (nSPS) is 15.1. The Morgan fingerprint density at radius 1 is 1.46 bits per heavy atom. The molecule has 0 fully saturated rings. The number of unbranched alkanes of at least 4 members (excludes halogenated alkanes) is 2. The first kappa shape index (κ1) is 13.4. The van der Waals surface area contributed by atoms with Crippen molar-refractivity contribution in [1.29, 1.82) is 0 Å². The summed E-state index contributed by atoms with van der Waals surface area (Å²) in [5.74, 6) is 0.480. The molecule has 0 saturated carbocycles. The summed E-state index contributed by atoms with van der Waals surface area (Å²) in [7, 11) is 0. The highest BCUT2D eigenvalue weighted by molar-refractivity contribution is 9.18. The van der Waals surface area contributed by atoms with Crippen LogP contribution in [-0.2, 0) is 0 Å². The Hall–Kier alpha value is 0.430. The third-order valence-electron chi connectivity index (χ3n) is 2.01. The number of nitrogens with one attached hydrogen (secondary N) is 1. The quantitative estimate of drug-likeness (QED) is 0.341. The Morgan fingerprint density at radius 3 is 2.54 bits per heavy atom. The van der Waals surface area contributed by atoms with Crippen LogP contribution in [0.1, 0.15) is 39.5 Å². The van der Waals surface area contributed by atoms with Gasteiger partial charge in [0.1, 0.15) is 0 Å². The highest BCUT2D eigenvalue weighted by atomic mass is 79.9. The highest BCUT2D eigenvalue weighted by Gasteiger charge is 2.14. The fourth-order valence-corrected chi connectivity index (χ4v) is 2.14. The number of halogens is 2. The fourth-order valence-electron chi connectivity index (χ4n) is 1.11. The number of carbonyl (C=O) groups excluding carboxylic acids is 1. The molecule has 2 unspecified atom stereocenters. The van der Waals surface area contributed by atoms with Crippen molar-refractivity contribution in [2.45, 2.75) is 44.5 Å². The average Bonchev–Trinajstić information content (AvgIpc) is 2.03. The Balaban J connectivity index is 3.56. The van der Waals surface area contributed by atoms with Gasteiger partial charge in [-0.2, -0.15) is 0 Å². The minimum Gasteiger partial charge on any atom is -0.334 e. The second-order valence-electron chi connectivity index (χ2n) is 3.29. The van der Waals surface area contributed by atoms with Crippen molar-refractivity contribution in [3.8, 4) is 0 Å². The number of rotatable bonds is 6. The van der Waals surface area contributed by atoms with Crippen LogP contribution in [0, 0.1) is 5.92 Å². The summed E-state index contributed by atoms with van der Waals surface area (Å²) < 4.78 is 0. The standard InChI is InChI=1S/C9H17Br2NO/c1-3-4-5-6-7(2)8(10)12-9(11)13/h7-8H,3-6H2,1-2H3,(H,12,13). The van der Waals surface area contributed by atoms with Gasteiger partial charge in [0.05, 0.1) is 4.95 Å². The van der Waals surface area contributed by atoms with Crippen molar-refractivity contribution in [2.24, 2.45) is 5.92 Å². The molecule has 1 amide bonds. The maximum atomic E-state index is 10.7. The van der Waals surface area contributed by atoms with E-state index >= 15 is 0 Å². The van der Waals surface area contributed by atoms with Crippen molar-refractivity contribution in [3.63, 3.8) is 0 Å². The van der Waals surface area contributed by atoms with E-state index < -0.39 is 0 Å². The lowest BCUT2D eigenvalue weighted by Gasteiger charge is -2.17. The van der Waals surface area contributed by atoms with Gasteiger partial charge in [-0.15, -0.1) is 0 Å². The molecule has 0 spiro atoms. The number of hydrogen-bond acceptors (Lipinski definition) is 1. The van der Waals surface area contributed by atoms with Gasteiger partial charge < -0.3 is 5.32 Å². The van der Waals surface area contributed by atoms with E-state index in [4.69, 9.17) is 0 Å². The Kier molecular flexibility index (Phi) is 8.06. The van der Waals surface area contributed by atoms with E-state index in [9.17, 15) is 4.79 Å². The van der Waals surface area contributed by atoms with Gasteiger partial charge in [0.2, 0.25) is 0 Å². The maximum absolute atomic E-state index is 10.7. The van der Waals surface area contributed by atoms with Crippen LogP contribution in [0.5, 0.6) is 0 Å². The largest absolute Gasteiger partial charge is 0.334 e. The molecule has 13 heavy (non-hydrogen) atoms. The number of hydrogen-bond donors (Lipinski definition) is 1. The van der Waals surface area contributed by atoms with Gasteiger partial charge in [-0.05, 0) is 12.3 Å². The predicted molar refractivity (Wildman–Crippen MR) is 63.5 cm³/mol. The molecule has 0 aliphatic carbocycles. The number of alkyl halides is 1. The minimum atomic E-state index is -0.156. The molecule has 0 radical (unpaired) electrons. The monoisotopic (exact) mass is 313 g/mol. The molecule has 2 atom stereocenters. The van der Waals surface area contributed by atoms with E-state index in [2.05, 4.69) is 51.0 Å². The molecule has 0 heterocycles. The van der Waals surface area contributed by atoms with Crippen molar-refractivity contribution in [2.75, 3.05) is 0 Å². The van der Waals surface area contributed by atoms with Crippen molar-refractivity contribution >= 4 is 36.7 Å². The molecule has 0 aromatic heterocycles. The van der Waals surface area contributed by atoms with Crippen LogP contribution >= 0.6 is 31.9 Å². The molecule has 0 saturated heterocycles. The van der Waals surface area contributed by atoms with E-state index in [0.29, 0.717) is 5.92 Å². The summed E-state index contributed by atoms with van der Waals surface area (Å²) in [5.41, 5.74) is 0. The summed E-state index contributed by atoms with van der Waals surface area (Å²) >= 11 is 6.28. The van der Waals surface area contributed by atoms with E-state index in [1.54, 1.807) is 0 Å². The van der Waals surface area contributed by atoms with Crippen LogP contribution in [0.2, 0.25) is 0 Å². The van der Waals surface area contributed by atoms with Gasteiger partial charge in [0.25, 0.3) is 4.82 Å². The first-order chi connectivity index (χ1) is 6.07. The molecule has 0 aliphatic rings. The molecule has 4 heteroatoms. The molecule has 2 nitrogen and oxygen atoms in total. The molecule has 78 valence electrons. The third-order valence-corrected chi connectivity index (χ3v) is 3.37. The average molecular weight is 315 g/mol. The Labute approximate surface area is 97.1 Å². The lowest BCUT2D eigenvalue weighted by molar-refractivity contribution is 0.258. The highest BCUT2D eigenvalue weighted by Crippen LogP contribution is 2.17. The zero-order valence-corrected chi connectivity index (χ0v) is 11.3. The van der Waals surface area contributed by atoms with Crippen molar-refractivity contribution in [3.05, 3.63) is 0 Å². The summed E-state index contributed by atoms with van der Waals surface area (Å²) in [4.78, 5) is 10.6. The van der Waals surface area contributed by atoms with Crippen LogP contribution in [0.25, 0.3) is 0 Å². The fraction of sp³-hybridized carbons (Fsp3) is 0.889. The van der Waals surface area contributed by atoms with Crippen molar-refractivity contribution < 1.29 is 4.79 Å². The summed E-state index contributed by atoms with van der Waals surface area (Å²) in [6.45, 7) is 4.33. The molecule has 0 rings (SSSR count). The van der Waals surface area contributed by atoms with Crippen molar-refractivity contribution in [1.82, 2.24) is 5.32 Å². The van der Waals surface area contributed by atoms with E-state index in [1.165, 1.54) is 19.3 Å². The lowest BCUT2D eigenvalue weighted by Crippen LogP contribution is -2.31. The summed E-state index contributed by atoms with van der Waals surface area (Å²) in [6, 6.07) is 0. The third kappa shape index (κ3) is 7.50. The van der Waals surface area contributed by atoms with Gasteiger partial charge in [0.15, 0.2) is 0 Å². The SMILES string of the molecule is CCCCCC(C)C(Br)NC(=O)Br. The molecule has 0 aromatic rings. The smallest absolute Gasteiger partial charge is 0.288 e. The lowest BCUT2D eigenvalue weighted by atomic mass is 10.0. The van der Waals surface area contributed by atoms with Gasteiger partial charge in [-0.3, -0.25) is 4.79 Å². The zero-order valence-electron chi connectivity index (χ0n) is 8.15. The maximum Gasteiger partial charge on any atom is 0.288 e.